The number of rotatable bonds is 6. The van der Waals surface area contributed by atoms with Crippen molar-refractivity contribution in [1.29, 1.82) is 0 Å². The Balaban J connectivity index is 2.32. The van der Waals surface area contributed by atoms with Gasteiger partial charge in [-0.25, -0.2) is 0 Å². The summed E-state index contributed by atoms with van der Waals surface area (Å²) in [7, 11) is 0. The second-order valence-corrected chi connectivity index (χ2v) is 4.83. The first kappa shape index (κ1) is 13.3. The van der Waals surface area contributed by atoms with Gasteiger partial charge in [0.05, 0.1) is 5.76 Å². The molecule has 16 heavy (non-hydrogen) atoms. The first-order valence-electron chi connectivity index (χ1n) is 6.67. The van der Waals surface area contributed by atoms with E-state index in [1.807, 2.05) is 0 Å². The quantitative estimate of drug-likeness (QED) is 0.418. The van der Waals surface area contributed by atoms with Gasteiger partial charge in [0.25, 0.3) is 0 Å². The lowest BCUT2D eigenvalue weighted by Crippen LogP contribution is -2.10. The molecule has 0 aromatic rings. The van der Waals surface area contributed by atoms with Gasteiger partial charge < -0.3 is 5.11 Å². The Kier molecular flexibility index (Phi) is 6.20. The molecule has 0 amide bonds. The van der Waals surface area contributed by atoms with Crippen molar-refractivity contribution in [3.63, 3.8) is 0 Å². The van der Waals surface area contributed by atoms with E-state index in [4.69, 9.17) is 0 Å². The zero-order chi connectivity index (χ0) is 11.8. The Morgan fingerprint density at radius 3 is 2.56 bits per heavy atom. The van der Waals surface area contributed by atoms with Gasteiger partial charge >= 0.3 is 0 Å². The SMILES string of the molecule is CCCCCC(=O)C=C(O)C1CCCCC1. The predicted molar refractivity (Wildman–Crippen MR) is 66.4 cm³/mol. The number of carbonyl (C=O) groups excluding carboxylic acids is 1. The Morgan fingerprint density at radius 2 is 1.94 bits per heavy atom. The lowest BCUT2D eigenvalue weighted by molar-refractivity contribution is -0.114. The molecule has 1 aliphatic rings. The van der Waals surface area contributed by atoms with Gasteiger partial charge in [-0.3, -0.25) is 4.79 Å². The summed E-state index contributed by atoms with van der Waals surface area (Å²) < 4.78 is 0. The van der Waals surface area contributed by atoms with Crippen molar-refractivity contribution in [2.75, 3.05) is 0 Å². The zero-order valence-corrected chi connectivity index (χ0v) is 10.4. The number of hydrogen-bond acceptors (Lipinski definition) is 2. The molecule has 0 unspecified atom stereocenters. The van der Waals surface area contributed by atoms with Crippen molar-refractivity contribution in [3.05, 3.63) is 11.8 Å². The average Bonchev–Trinajstić information content (AvgIpc) is 2.30. The van der Waals surface area contributed by atoms with Crippen LogP contribution in [0.2, 0.25) is 0 Å². The fraction of sp³-hybridized carbons (Fsp3) is 0.786. The maximum Gasteiger partial charge on any atom is 0.159 e. The van der Waals surface area contributed by atoms with Crippen LogP contribution in [0, 0.1) is 5.92 Å². The fourth-order valence-electron chi connectivity index (χ4n) is 2.30. The van der Waals surface area contributed by atoms with E-state index in [1.54, 1.807) is 0 Å². The molecule has 0 spiro atoms. The van der Waals surface area contributed by atoms with E-state index < -0.39 is 0 Å². The third-order valence-corrected chi connectivity index (χ3v) is 3.36. The van der Waals surface area contributed by atoms with Gasteiger partial charge in [-0.2, -0.15) is 0 Å². The maximum absolute atomic E-state index is 11.5. The zero-order valence-electron chi connectivity index (χ0n) is 10.4. The Bertz CT molecular complexity index is 237. The van der Waals surface area contributed by atoms with Crippen LogP contribution in [0.5, 0.6) is 0 Å². The van der Waals surface area contributed by atoms with Crippen molar-refractivity contribution in [2.45, 2.75) is 64.7 Å². The van der Waals surface area contributed by atoms with Gasteiger partial charge in [0.1, 0.15) is 0 Å². The summed E-state index contributed by atoms with van der Waals surface area (Å²) in [4.78, 5) is 11.5. The van der Waals surface area contributed by atoms with Crippen LogP contribution in [-0.4, -0.2) is 10.9 Å². The minimum atomic E-state index is 0.0940. The Labute approximate surface area is 98.7 Å². The molecule has 0 aliphatic heterocycles. The average molecular weight is 224 g/mol. The number of carbonyl (C=O) groups is 1. The molecule has 92 valence electrons. The second kappa shape index (κ2) is 7.48. The minimum absolute atomic E-state index is 0.0940. The minimum Gasteiger partial charge on any atom is -0.512 e. The van der Waals surface area contributed by atoms with E-state index in [0.717, 1.165) is 32.1 Å². The monoisotopic (exact) mass is 224 g/mol. The molecule has 1 rings (SSSR count). The summed E-state index contributed by atoms with van der Waals surface area (Å²) in [6, 6.07) is 0. The third-order valence-electron chi connectivity index (χ3n) is 3.36. The van der Waals surface area contributed by atoms with Crippen molar-refractivity contribution in [3.8, 4) is 0 Å². The summed E-state index contributed by atoms with van der Waals surface area (Å²) in [6.07, 6.45) is 11.0. The molecule has 0 saturated heterocycles. The normalized spacial score (nSPS) is 18.7. The summed E-state index contributed by atoms with van der Waals surface area (Å²) in [5.41, 5.74) is 0. The van der Waals surface area contributed by atoms with Gasteiger partial charge in [0.2, 0.25) is 0 Å². The van der Waals surface area contributed by atoms with Crippen molar-refractivity contribution in [2.24, 2.45) is 5.92 Å². The highest BCUT2D eigenvalue weighted by molar-refractivity contribution is 5.89. The van der Waals surface area contributed by atoms with Crippen molar-refractivity contribution < 1.29 is 9.90 Å². The number of ketones is 1. The molecular weight excluding hydrogens is 200 g/mol. The van der Waals surface area contributed by atoms with Crippen molar-refractivity contribution in [1.82, 2.24) is 0 Å². The van der Waals surface area contributed by atoms with E-state index in [-0.39, 0.29) is 11.7 Å². The fourth-order valence-corrected chi connectivity index (χ4v) is 2.30. The second-order valence-electron chi connectivity index (χ2n) is 4.83. The van der Waals surface area contributed by atoms with E-state index in [9.17, 15) is 9.90 Å². The van der Waals surface area contributed by atoms with E-state index in [1.165, 1.54) is 25.3 Å². The van der Waals surface area contributed by atoms with Gasteiger partial charge in [-0.05, 0) is 19.3 Å². The molecule has 0 atom stereocenters. The summed E-state index contributed by atoms with van der Waals surface area (Å²) >= 11 is 0. The molecule has 0 bridgehead atoms. The standard InChI is InChI=1S/C14H24O2/c1-2-3-5-10-13(15)11-14(16)12-8-6-4-7-9-12/h11-12,16H,2-10H2,1H3. The Morgan fingerprint density at radius 1 is 1.25 bits per heavy atom. The van der Waals surface area contributed by atoms with Crippen LogP contribution >= 0.6 is 0 Å². The van der Waals surface area contributed by atoms with Crippen LogP contribution in [0.3, 0.4) is 0 Å². The van der Waals surface area contributed by atoms with E-state index in [0.29, 0.717) is 12.2 Å². The molecular formula is C14H24O2. The first-order chi connectivity index (χ1) is 7.74. The van der Waals surface area contributed by atoms with Gasteiger partial charge in [0.15, 0.2) is 5.78 Å². The number of hydrogen-bond donors (Lipinski definition) is 1. The number of unbranched alkanes of at least 4 members (excludes halogenated alkanes) is 2. The maximum atomic E-state index is 11.5. The highest BCUT2D eigenvalue weighted by atomic mass is 16.3. The smallest absolute Gasteiger partial charge is 0.159 e. The molecule has 0 aromatic carbocycles. The lowest BCUT2D eigenvalue weighted by atomic mass is 9.87. The van der Waals surface area contributed by atoms with Crippen LogP contribution in [0.25, 0.3) is 0 Å². The molecule has 1 N–H and O–H groups in total. The van der Waals surface area contributed by atoms with Gasteiger partial charge in [0, 0.05) is 18.4 Å². The molecule has 1 fully saturated rings. The highest BCUT2D eigenvalue weighted by Crippen LogP contribution is 2.28. The van der Waals surface area contributed by atoms with Crippen LogP contribution in [-0.2, 0) is 4.79 Å². The number of allylic oxidation sites excluding steroid dienone is 2. The summed E-state index contributed by atoms with van der Waals surface area (Å²) in [5.74, 6) is 0.682. The van der Waals surface area contributed by atoms with E-state index >= 15 is 0 Å². The third kappa shape index (κ3) is 4.82. The van der Waals surface area contributed by atoms with Gasteiger partial charge in [-0.1, -0.05) is 39.0 Å². The predicted octanol–water partition coefficient (Wildman–Crippen LogP) is 4.16. The lowest BCUT2D eigenvalue weighted by Gasteiger charge is -2.20. The molecule has 1 aliphatic carbocycles. The van der Waals surface area contributed by atoms with E-state index in [2.05, 4.69) is 6.92 Å². The molecule has 0 radical (unpaired) electrons. The molecule has 0 aromatic heterocycles. The van der Waals surface area contributed by atoms with Crippen LogP contribution in [0.15, 0.2) is 11.8 Å². The van der Waals surface area contributed by atoms with Crippen LogP contribution in [0.1, 0.15) is 64.7 Å². The van der Waals surface area contributed by atoms with Crippen molar-refractivity contribution >= 4 is 5.78 Å². The number of aliphatic hydroxyl groups excluding tert-OH is 1. The van der Waals surface area contributed by atoms with Crippen LogP contribution in [0.4, 0.5) is 0 Å². The van der Waals surface area contributed by atoms with Gasteiger partial charge in [-0.15, -0.1) is 0 Å². The topological polar surface area (TPSA) is 37.3 Å². The molecule has 2 heteroatoms. The highest BCUT2D eigenvalue weighted by Gasteiger charge is 2.17. The Hall–Kier alpha value is -0.790. The largest absolute Gasteiger partial charge is 0.512 e. The summed E-state index contributed by atoms with van der Waals surface area (Å²) in [5, 5.41) is 9.84. The first-order valence-corrected chi connectivity index (χ1v) is 6.67. The molecule has 0 heterocycles. The number of aliphatic hydroxyl groups is 1. The summed E-state index contributed by atoms with van der Waals surface area (Å²) in [6.45, 7) is 2.12. The van der Waals surface area contributed by atoms with Crippen LogP contribution < -0.4 is 0 Å². The molecule has 2 nitrogen and oxygen atoms in total. The molecule has 1 saturated carbocycles.